The second-order valence-corrected chi connectivity index (χ2v) is 5.06. The monoisotopic (exact) mass is 271 g/mol. The fourth-order valence-corrected chi connectivity index (χ4v) is 2.61. The molecular weight excluding hydrogens is 250 g/mol. The maximum atomic E-state index is 12.4. The first-order valence-corrected chi connectivity index (χ1v) is 7.27. The van der Waals surface area contributed by atoms with E-state index in [4.69, 9.17) is 5.11 Å². The van der Waals surface area contributed by atoms with Gasteiger partial charge in [-0.1, -0.05) is 18.8 Å². The van der Waals surface area contributed by atoms with Gasteiger partial charge in [-0.2, -0.15) is 0 Å². The number of rotatable bonds is 3. The van der Waals surface area contributed by atoms with Gasteiger partial charge in [-0.15, -0.1) is 0 Å². The van der Waals surface area contributed by atoms with Gasteiger partial charge in [-0.3, -0.25) is 4.79 Å². The number of likely N-dealkylation sites (tertiary alicyclic amines) is 1. The standard InChI is InChI=1S/C17H21NO2/c1-2-16-7-5-12-18(16)17(20)15-10-8-14(9-11-15)6-3-4-13-19/h8-11,16,19H,2,4-5,7,12-13H2,1H3. The summed E-state index contributed by atoms with van der Waals surface area (Å²) in [7, 11) is 0. The third-order valence-electron chi connectivity index (χ3n) is 3.71. The van der Waals surface area contributed by atoms with Crippen LogP contribution >= 0.6 is 0 Å². The average Bonchev–Trinajstić information content (AvgIpc) is 2.96. The van der Waals surface area contributed by atoms with Gasteiger partial charge in [0.05, 0.1) is 6.61 Å². The Bertz CT molecular complexity index is 510. The number of nitrogens with zero attached hydrogens (tertiary/aromatic N) is 1. The lowest BCUT2D eigenvalue weighted by Crippen LogP contribution is -2.35. The van der Waals surface area contributed by atoms with Crippen LogP contribution in [0.3, 0.4) is 0 Å². The molecular formula is C17H21NO2. The molecule has 1 amide bonds. The second kappa shape index (κ2) is 7.12. The zero-order chi connectivity index (χ0) is 14.4. The van der Waals surface area contributed by atoms with Crippen molar-refractivity contribution in [1.82, 2.24) is 4.90 Å². The zero-order valence-electron chi connectivity index (χ0n) is 11.9. The molecule has 1 aromatic rings. The van der Waals surface area contributed by atoms with Gasteiger partial charge < -0.3 is 10.0 Å². The summed E-state index contributed by atoms with van der Waals surface area (Å²) in [4.78, 5) is 14.4. The zero-order valence-corrected chi connectivity index (χ0v) is 11.9. The van der Waals surface area contributed by atoms with Gasteiger partial charge in [-0.25, -0.2) is 0 Å². The van der Waals surface area contributed by atoms with Crippen molar-refractivity contribution in [3.63, 3.8) is 0 Å². The van der Waals surface area contributed by atoms with Crippen molar-refractivity contribution in [2.75, 3.05) is 13.2 Å². The van der Waals surface area contributed by atoms with E-state index in [-0.39, 0.29) is 12.5 Å². The highest BCUT2D eigenvalue weighted by Gasteiger charge is 2.27. The molecule has 3 heteroatoms. The molecule has 1 fully saturated rings. The first-order chi connectivity index (χ1) is 9.76. The molecule has 0 saturated carbocycles. The number of hydrogen-bond acceptors (Lipinski definition) is 2. The molecule has 1 N–H and O–H groups in total. The van der Waals surface area contributed by atoms with Crippen LogP contribution in [-0.4, -0.2) is 35.1 Å². The summed E-state index contributed by atoms with van der Waals surface area (Å²) in [5.74, 6) is 5.97. The van der Waals surface area contributed by atoms with Gasteiger partial charge in [0.15, 0.2) is 0 Å². The highest BCUT2D eigenvalue weighted by atomic mass is 16.2. The minimum Gasteiger partial charge on any atom is -0.395 e. The van der Waals surface area contributed by atoms with Crippen molar-refractivity contribution < 1.29 is 9.90 Å². The average molecular weight is 271 g/mol. The van der Waals surface area contributed by atoms with Crippen LogP contribution in [-0.2, 0) is 0 Å². The van der Waals surface area contributed by atoms with Crippen molar-refractivity contribution in [3.8, 4) is 11.8 Å². The quantitative estimate of drug-likeness (QED) is 0.858. The van der Waals surface area contributed by atoms with E-state index in [1.807, 2.05) is 29.2 Å². The molecule has 0 spiro atoms. The summed E-state index contributed by atoms with van der Waals surface area (Å²) in [6, 6.07) is 7.82. The molecule has 0 bridgehead atoms. The fourth-order valence-electron chi connectivity index (χ4n) is 2.61. The van der Waals surface area contributed by atoms with Crippen LogP contribution in [0, 0.1) is 11.8 Å². The summed E-state index contributed by atoms with van der Waals surface area (Å²) < 4.78 is 0. The predicted molar refractivity (Wildman–Crippen MR) is 79.4 cm³/mol. The van der Waals surface area contributed by atoms with Gasteiger partial charge in [0.1, 0.15) is 0 Å². The van der Waals surface area contributed by atoms with E-state index in [0.29, 0.717) is 12.5 Å². The van der Waals surface area contributed by atoms with Crippen LogP contribution in [0.25, 0.3) is 0 Å². The number of amides is 1. The van der Waals surface area contributed by atoms with Crippen LogP contribution in [0.5, 0.6) is 0 Å². The van der Waals surface area contributed by atoms with Crippen LogP contribution in [0.4, 0.5) is 0 Å². The lowest BCUT2D eigenvalue weighted by Gasteiger charge is -2.23. The van der Waals surface area contributed by atoms with Crippen molar-refractivity contribution in [3.05, 3.63) is 35.4 Å². The second-order valence-electron chi connectivity index (χ2n) is 5.06. The molecule has 1 atom stereocenters. The Kier molecular flexibility index (Phi) is 5.20. The number of carbonyl (C=O) groups excluding carboxylic acids is 1. The van der Waals surface area contributed by atoms with E-state index >= 15 is 0 Å². The Labute approximate surface area is 120 Å². The number of aliphatic hydroxyl groups is 1. The van der Waals surface area contributed by atoms with E-state index in [0.717, 1.165) is 36.9 Å². The third-order valence-corrected chi connectivity index (χ3v) is 3.71. The van der Waals surface area contributed by atoms with Gasteiger partial charge in [0.2, 0.25) is 0 Å². The minimum absolute atomic E-state index is 0.0803. The maximum absolute atomic E-state index is 12.4. The molecule has 0 radical (unpaired) electrons. The Morgan fingerprint density at radius 3 is 2.80 bits per heavy atom. The molecule has 1 aromatic carbocycles. The van der Waals surface area contributed by atoms with Crippen LogP contribution in [0.1, 0.15) is 48.5 Å². The molecule has 2 rings (SSSR count). The van der Waals surface area contributed by atoms with E-state index in [1.54, 1.807) is 0 Å². The summed E-state index contributed by atoms with van der Waals surface area (Å²) in [6.45, 7) is 3.09. The first-order valence-electron chi connectivity index (χ1n) is 7.27. The third kappa shape index (κ3) is 3.40. The highest BCUT2D eigenvalue weighted by Crippen LogP contribution is 2.22. The Hall–Kier alpha value is -1.79. The molecule has 1 unspecified atom stereocenters. The number of aliphatic hydroxyl groups excluding tert-OH is 1. The van der Waals surface area contributed by atoms with Crippen molar-refractivity contribution in [2.45, 2.75) is 38.6 Å². The molecule has 20 heavy (non-hydrogen) atoms. The maximum Gasteiger partial charge on any atom is 0.254 e. The van der Waals surface area contributed by atoms with Crippen molar-refractivity contribution in [2.24, 2.45) is 0 Å². The molecule has 1 aliphatic heterocycles. The van der Waals surface area contributed by atoms with Gasteiger partial charge in [0, 0.05) is 30.1 Å². The lowest BCUT2D eigenvalue weighted by atomic mass is 10.1. The van der Waals surface area contributed by atoms with E-state index < -0.39 is 0 Å². The predicted octanol–water partition coefficient (Wildman–Crippen LogP) is 2.44. The summed E-state index contributed by atoms with van der Waals surface area (Å²) in [5.41, 5.74) is 1.61. The number of benzene rings is 1. The van der Waals surface area contributed by atoms with Crippen molar-refractivity contribution in [1.29, 1.82) is 0 Å². The number of hydrogen-bond donors (Lipinski definition) is 1. The topological polar surface area (TPSA) is 40.5 Å². The van der Waals surface area contributed by atoms with E-state index in [1.165, 1.54) is 0 Å². The summed E-state index contributed by atoms with van der Waals surface area (Å²) in [5, 5.41) is 8.68. The van der Waals surface area contributed by atoms with Crippen LogP contribution < -0.4 is 0 Å². The Morgan fingerprint density at radius 2 is 2.15 bits per heavy atom. The summed E-state index contributed by atoms with van der Waals surface area (Å²) in [6.07, 6.45) is 3.73. The van der Waals surface area contributed by atoms with E-state index in [2.05, 4.69) is 18.8 Å². The molecule has 1 aliphatic rings. The lowest BCUT2D eigenvalue weighted by molar-refractivity contribution is 0.0733. The minimum atomic E-state index is 0.0803. The molecule has 0 aromatic heterocycles. The van der Waals surface area contributed by atoms with Gasteiger partial charge >= 0.3 is 0 Å². The molecule has 1 saturated heterocycles. The Balaban J connectivity index is 2.06. The number of carbonyl (C=O) groups is 1. The largest absolute Gasteiger partial charge is 0.395 e. The molecule has 1 heterocycles. The van der Waals surface area contributed by atoms with Gasteiger partial charge in [-0.05, 0) is 43.5 Å². The normalized spacial score (nSPS) is 17.7. The Morgan fingerprint density at radius 1 is 1.40 bits per heavy atom. The highest BCUT2D eigenvalue weighted by molar-refractivity contribution is 5.94. The van der Waals surface area contributed by atoms with Crippen LogP contribution in [0.2, 0.25) is 0 Å². The van der Waals surface area contributed by atoms with Crippen LogP contribution in [0.15, 0.2) is 24.3 Å². The fraction of sp³-hybridized carbons (Fsp3) is 0.471. The smallest absolute Gasteiger partial charge is 0.254 e. The van der Waals surface area contributed by atoms with Crippen molar-refractivity contribution >= 4 is 5.91 Å². The van der Waals surface area contributed by atoms with E-state index in [9.17, 15) is 4.79 Å². The first kappa shape index (κ1) is 14.6. The van der Waals surface area contributed by atoms with Gasteiger partial charge in [0.25, 0.3) is 5.91 Å². The SMILES string of the molecule is CCC1CCCN1C(=O)c1ccc(C#CCCO)cc1. The molecule has 0 aliphatic carbocycles. The molecule has 3 nitrogen and oxygen atoms in total. The summed E-state index contributed by atoms with van der Waals surface area (Å²) >= 11 is 0. The molecule has 106 valence electrons.